The summed E-state index contributed by atoms with van der Waals surface area (Å²) in [6, 6.07) is 20.8. The van der Waals surface area contributed by atoms with Crippen molar-refractivity contribution in [2.45, 2.75) is 37.4 Å². The Hall–Kier alpha value is -2.17. The van der Waals surface area contributed by atoms with E-state index in [1.54, 1.807) is 0 Å². The molecule has 0 radical (unpaired) electrons. The van der Waals surface area contributed by atoms with Crippen molar-refractivity contribution in [3.05, 3.63) is 71.8 Å². The fourth-order valence-electron chi connectivity index (χ4n) is 4.39. The van der Waals surface area contributed by atoms with E-state index >= 15 is 0 Å². The number of amides is 1. The predicted molar refractivity (Wildman–Crippen MR) is 104 cm³/mol. The van der Waals surface area contributed by atoms with E-state index in [2.05, 4.69) is 41.3 Å². The summed E-state index contributed by atoms with van der Waals surface area (Å²) in [5.74, 6) is 0.497. The van der Waals surface area contributed by atoms with Gasteiger partial charge in [0.1, 0.15) is 0 Å². The van der Waals surface area contributed by atoms with Crippen LogP contribution in [0.5, 0.6) is 0 Å². The van der Waals surface area contributed by atoms with E-state index in [1.165, 1.54) is 11.1 Å². The summed E-state index contributed by atoms with van der Waals surface area (Å²) in [5, 5.41) is 0. The number of nitrogens with two attached hydrogens (primary N) is 1. The van der Waals surface area contributed by atoms with E-state index < -0.39 is 0 Å². The summed E-state index contributed by atoms with van der Waals surface area (Å²) < 4.78 is 0. The molecule has 0 aromatic heterocycles. The van der Waals surface area contributed by atoms with E-state index in [0.29, 0.717) is 6.54 Å². The van der Waals surface area contributed by atoms with Gasteiger partial charge in [-0.3, -0.25) is 9.69 Å². The van der Waals surface area contributed by atoms with Crippen LogP contribution in [-0.2, 0) is 11.3 Å². The van der Waals surface area contributed by atoms with E-state index in [9.17, 15) is 4.79 Å². The first-order valence-corrected chi connectivity index (χ1v) is 9.59. The first-order valence-electron chi connectivity index (χ1n) is 9.59. The van der Waals surface area contributed by atoms with E-state index in [1.807, 2.05) is 29.2 Å². The van der Waals surface area contributed by atoms with E-state index in [-0.39, 0.29) is 23.9 Å². The molecule has 0 bridgehead atoms. The molecule has 26 heavy (non-hydrogen) atoms. The molecule has 2 aliphatic heterocycles. The highest BCUT2D eigenvalue weighted by atomic mass is 16.2. The lowest BCUT2D eigenvalue weighted by Gasteiger charge is -2.28. The molecule has 2 aromatic rings. The molecule has 2 N–H and O–H groups in total. The zero-order valence-electron chi connectivity index (χ0n) is 15.1. The molecular formula is C22H27N3O. The first kappa shape index (κ1) is 17.3. The van der Waals surface area contributed by atoms with Gasteiger partial charge in [0.05, 0.1) is 6.04 Å². The maximum atomic E-state index is 13.2. The summed E-state index contributed by atoms with van der Waals surface area (Å²) >= 11 is 0. The van der Waals surface area contributed by atoms with Crippen molar-refractivity contribution in [2.24, 2.45) is 5.73 Å². The smallest absolute Gasteiger partial charge is 0.240 e. The second-order valence-corrected chi connectivity index (χ2v) is 7.54. The van der Waals surface area contributed by atoms with Crippen LogP contribution in [0.15, 0.2) is 60.7 Å². The Balaban J connectivity index is 1.44. The zero-order valence-corrected chi connectivity index (χ0v) is 15.1. The third-order valence-electron chi connectivity index (χ3n) is 5.78. The van der Waals surface area contributed by atoms with Gasteiger partial charge in [0.2, 0.25) is 5.91 Å². The number of hydrogen-bond donors (Lipinski definition) is 1. The molecule has 4 nitrogen and oxygen atoms in total. The molecule has 0 spiro atoms. The standard InChI is InChI=1S/C22H27N3O/c23-20-16-25(15-19(20)18-10-5-2-6-11-18)22(26)21-12-7-13-24(21)14-17-8-3-1-4-9-17/h1-6,8-11,19-21H,7,12-16,23H2/t19-,20+,21?/m0/s1. The molecule has 2 saturated heterocycles. The highest BCUT2D eigenvalue weighted by Gasteiger charge is 2.39. The summed E-state index contributed by atoms with van der Waals surface area (Å²) in [4.78, 5) is 17.5. The molecule has 1 amide bonds. The van der Waals surface area contributed by atoms with Gasteiger partial charge in [-0.25, -0.2) is 0 Å². The second kappa shape index (κ2) is 7.60. The Bertz CT molecular complexity index is 734. The van der Waals surface area contributed by atoms with Gasteiger partial charge in [0.15, 0.2) is 0 Å². The van der Waals surface area contributed by atoms with E-state index in [0.717, 1.165) is 32.5 Å². The Kier molecular flexibility index (Phi) is 5.05. The normalized spacial score (nSPS) is 26.3. The van der Waals surface area contributed by atoms with Crippen LogP contribution in [0.4, 0.5) is 0 Å². The van der Waals surface area contributed by atoms with Crippen molar-refractivity contribution < 1.29 is 4.79 Å². The van der Waals surface area contributed by atoms with Gasteiger partial charge in [-0.05, 0) is 30.5 Å². The number of hydrogen-bond acceptors (Lipinski definition) is 3. The number of carbonyl (C=O) groups excluding carboxylic acids is 1. The van der Waals surface area contributed by atoms with Crippen LogP contribution in [0.2, 0.25) is 0 Å². The Morgan fingerprint density at radius 2 is 1.69 bits per heavy atom. The fourth-order valence-corrected chi connectivity index (χ4v) is 4.39. The zero-order chi connectivity index (χ0) is 17.9. The minimum Gasteiger partial charge on any atom is -0.339 e. The van der Waals surface area contributed by atoms with Crippen molar-refractivity contribution >= 4 is 5.91 Å². The molecule has 136 valence electrons. The SMILES string of the molecule is N[C@@H]1CN(C(=O)C2CCCN2Cc2ccccc2)C[C@H]1c1ccccc1. The molecule has 2 heterocycles. The Morgan fingerprint density at radius 3 is 2.42 bits per heavy atom. The Labute approximate surface area is 155 Å². The monoisotopic (exact) mass is 349 g/mol. The van der Waals surface area contributed by atoms with Crippen LogP contribution in [0, 0.1) is 0 Å². The van der Waals surface area contributed by atoms with Crippen molar-refractivity contribution in [1.82, 2.24) is 9.80 Å². The van der Waals surface area contributed by atoms with Gasteiger partial charge < -0.3 is 10.6 Å². The summed E-state index contributed by atoms with van der Waals surface area (Å²) in [6.07, 6.45) is 2.04. The van der Waals surface area contributed by atoms with Crippen LogP contribution in [0.1, 0.15) is 29.9 Å². The predicted octanol–water partition coefficient (Wildman–Crippen LogP) is 2.60. The fraction of sp³-hybridized carbons (Fsp3) is 0.409. The molecule has 0 aliphatic carbocycles. The molecule has 1 unspecified atom stereocenters. The third-order valence-corrected chi connectivity index (χ3v) is 5.78. The molecule has 2 aromatic carbocycles. The first-order chi connectivity index (χ1) is 12.7. The van der Waals surface area contributed by atoms with Crippen molar-refractivity contribution in [2.75, 3.05) is 19.6 Å². The van der Waals surface area contributed by atoms with Gasteiger partial charge in [-0.2, -0.15) is 0 Å². The maximum Gasteiger partial charge on any atom is 0.240 e. The lowest BCUT2D eigenvalue weighted by molar-refractivity contribution is -0.135. The summed E-state index contributed by atoms with van der Waals surface area (Å²) in [7, 11) is 0. The Morgan fingerprint density at radius 1 is 1.00 bits per heavy atom. The highest BCUT2D eigenvalue weighted by Crippen LogP contribution is 2.29. The van der Waals surface area contributed by atoms with Crippen molar-refractivity contribution in [1.29, 1.82) is 0 Å². The molecule has 3 atom stereocenters. The molecule has 4 rings (SSSR count). The summed E-state index contributed by atoms with van der Waals surface area (Å²) in [6.45, 7) is 3.24. The van der Waals surface area contributed by atoms with Crippen LogP contribution in [-0.4, -0.2) is 47.4 Å². The van der Waals surface area contributed by atoms with Gasteiger partial charge >= 0.3 is 0 Å². The summed E-state index contributed by atoms with van der Waals surface area (Å²) in [5.41, 5.74) is 8.90. The maximum absolute atomic E-state index is 13.2. The average molecular weight is 349 g/mol. The molecule has 4 heteroatoms. The third kappa shape index (κ3) is 3.53. The lowest BCUT2D eigenvalue weighted by Crippen LogP contribution is -2.45. The lowest BCUT2D eigenvalue weighted by atomic mass is 9.95. The minimum absolute atomic E-state index is 0.00284. The molecular weight excluding hydrogens is 322 g/mol. The van der Waals surface area contributed by atoms with Gasteiger partial charge in [-0.1, -0.05) is 60.7 Å². The van der Waals surface area contributed by atoms with Crippen LogP contribution in [0.3, 0.4) is 0 Å². The second-order valence-electron chi connectivity index (χ2n) is 7.54. The largest absolute Gasteiger partial charge is 0.339 e. The van der Waals surface area contributed by atoms with Crippen LogP contribution >= 0.6 is 0 Å². The number of likely N-dealkylation sites (tertiary alicyclic amines) is 2. The number of rotatable bonds is 4. The van der Waals surface area contributed by atoms with Crippen LogP contribution in [0.25, 0.3) is 0 Å². The highest BCUT2D eigenvalue weighted by molar-refractivity contribution is 5.82. The number of carbonyl (C=O) groups is 1. The molecule has 2 fully saturated rings. The van der Waals surface area contributed by atoms with Crippen molar-refractivity contribution in [3.8, 4) is 0 Å². The van der Waals surface area contributed by atoms with Gasteiger partial charge in [0.25, 0.3) is 0 Å². The van der Waals surface area contributed by atoms with Gasteiger partial charge in [-0.15, -0.1) is 0 Å². The average Bonchev–Trinajstić information content (AvgIpc) is 3.29. The number of nitrogens with zero attached hydrogens (tertiary/aromatic N) is 2. The molecule has 0 saturated carbocycles. The number of benzene rings is 2. The van der Waals surface area contributed by atoms with Gasteiger partial charge in [0, 0.05) is 31.6 Å². The quantitative estimate of drug-likeness (QED) is 0.923. The topological polar surface area (TPSA) is 49.6 Å². The van der Waals surface area contributed by atoms with E-state index in [4.69, 9.17) is 5.73 Å². The molecule has 2 aliphatic rings. The minimum atomic E-state index is -0.00284. The van der Waals surface area contributed by atoms with Crippen LogP contribution < -0.4 is 5.73 Å². The van der Waals surface area contributed by atoms with Crippen molar-refractivity contribution in [3.63, 3.8) is 0 Å².